The highest BCUT2D eigenvalue weighted by Crippen LogP contribution is 2.51. The monoisotopic (exact) mass is 507 g/mol. The molecule has 0 bridgehead atoms. The third-order valence-corrected chi connectivity index (χ3v) is 8.14. The Labute approximate surface area is 224 Å². The fraction of sp³-hybridized carbons (Fsp3) is 0.344. The minimum absolute atomic E-state index is 0.177. The van der Waals surface area contributed by atoms with Crippen molar-refractivity contribution in [2.24, 2.45) is 0 Å². The molecular formula is C32H33N3O3. The van der Waals surface area contributed by atoms with Crippen LogP contribution in [0.15, 0.2) is 72.8 Å². The van der Waals surface area contributed by atoms with Crippen molar-refractivity contribution < 1.29 is 14.7 Å². The van der Waals surface area contributed by atoms with Crippen LogP contribution in [0.5, 0.6) is 0 Å². The van der Waals surface area contributed by atoms with E-state index in [1.165, 1.54) is 0 Å². The molecule has 1 aliphatic carbocycles. The van der Waals surface area contributed by atoms with Gasteiger partial charge in [0, 0.05) is 32.6 Å². The van der Waals surface area contributed by atoms with Gasteiger partial charge in [0.1, 0.15) is 5.41 Å². The number of piperazine rings is 1. The van der Waals surface area contributed by atoms with Crippen LogP contribution in [0.25, 0.3) is 11.1 Å². The Balaban J connectivity index is 1.11. The smallest absolute Gasteiger partial charge is 0.318 e. The van der Waals surface area contributed by atoms with Crippen LogP contribution in [0, 0.1) is 11.3 Å². The molecule has 5 rings (SSSR count). The summed E-state index contributed by atoms with van der Waals surface area (Å²) < 4.78 is 0. The Hall–Kier alpha value is -3.95. The molecule has 0 aromatic heterocycles. The van der Waals surface area contributed by atoms with E-state index in [0.29, 0.717) is 24.8 Å². The molecule has 194 valence electrons. The van der Waals surface area contributed by atoms with Gasteiger partial charge in [-0.2, -0.15) is 5.26 Å². The first-order valence-electron chi connectivity index (χ1n) is 13.4. The average molecular weight is 508 g/mol. The third kappa shape index (κ3) is 4.94. The van der Waals surface area contributed by atoms with Gasteiger partial charge in [-0.3, -0.25) is 14.5 Å². The lowest BCUT2D eigenvalue weighted by molar-refractivity contribution is -0.142. The zero-order chi connectivity index (χ0) is 26.5. The minimum Gasteiger partial charge on any atom is -0.480 e. The van der Waals surface area contributed by atoms with Crippen molar-refractivity contribution >= 4 is 11.9 Å². The van der Waals surface area contributed by atoms with Gasteiger partial charge in [0.15, 0.2) is 0 Å². The van der Waals surface area contributed by atoms with E-state index in [2.05, 4.69) is 11.0 Å². The van der Waals surface area contributed by atoms with Crippen molar-refractivity contribution in [2.75, 3.05) is 32.7 Å². The number of nitriles is 1. The molecule has 0 unspecified atom stereocenters. The lowest BCUT2D eigenvalue weighted by Crippen LogP contribution is -2.48. The van der Waals surface area contributed by atoms with E-state index in [4.69, 9.17) is 5.26 Å². The van der Waals surface area contributed by atoms with Crippen molar-refractivity contribution in [2.45, 2.75) is 37.5 Å². The van der Waals surface area contributed by atoms with E-state index in [9.17, 15) is 14.7 Å². The van der Waals surface area contributed by atoms with Crippen LogP contribution >= 0.6 is 0 Å². The van der Waals surface area contributed by atoms with Gasteiger partial charge >= 0.3 is 5.97 Å². The van der Waals surface area contributed by atoms with E-state index in [1.54, 1.807) is 12.1 Å². The van der Waals surface area contributed by atoms with Crippen LogP contribution in [0.4, 0.5) is 0 Å². The van der Waals surface area contributed by atoms with E-state index < -0.39 is 11.4 Å². The predicted molar refractivity (Wildman–Crippen MR) is 147 cm³/mol. The number of hydrogen-bond acceptors (Lipinski definition) is 4. The number of amides is 1. The molecule has 6 heteroatoms. The summed E-state index contributed by atoms with van der Waals surface area (Å²) in [6.07, 6.45) is 3.48. The summed E-state index contributed by atoms with van der Waals surface area (Å²) in [6.45, 7) is 4.06. The van der Waals surface area contributed by atoms with E-state index in [1.807, 2.05) is 65.6 Å². The molecule has 38 heavy (non-hydrogen) atoms. The molecule has 0 spiro atoms. The second kappa shape index (κ2) is 11.2. The first kappa shape index (κ1) is 25.7. The number of aliphatic carboxylic acids is 1. The zero-order valence-electron chi connectivity index (χ0n) is 21.6. The maximum absolute atomic E-state index is 12.8. The molecule has 1 fully saturated rings. The fourth-order valence-corrected chi connectivity index (χ4v) is 6.03. The number of carboxylic acid groups (broad SMARTS) is 1. The number of carbonyl (C=O) groups excluding carboxylic acids is 1. The summed E-state index contributed by atoms with van der Waals surface area (Å²) in [5.41, 5.74) is 4.59. The highest BCUT2D eigenvalue weighted by molar-refractivity contribution is 5.97. The quantitative estimate of drug-likeness (QED) is 0.418. The Morgan fingerprint density at radius 1 is 0.842 bits per heavy atom. The number of carboxylic acids is 1. The molecule has 1 amide bonds. The number of nitrogens with zero attached hydrogens (tertiary/aromatic N) is 3. The Morgan fingerprint density at radius 2 is 1.45 bits per heavy atom. The van der Waals surface area contributed by atoms with E-state index in [-0.39, 0.29) is 5.91 Å². The molecule has 0 saturated carbocycles. The first-order chi connectivity index (χ1) is 18.5. The normalized spacial score (nSPS) is 15.9. The van der Waals surface area contributed by atoms with Gasteiger partial charge < -0.3 is 10.0 Å². The number of benzene rings is 3. The summed E-state index contributed by atoms with van der Waals surface area (Å²) in [5.74, 6) is -0.598. The van der Waals surface area contributed by atoms with Gasteiger partial charge in [-0.1, -0.05) is 67.1 Å². The molecular weight excluding hydrogens is 474 g/mol. The van der Waals surface area contributed by atoms with Gasteiger partial charge in [0.2, 0.25) is 5.91 Å². The first-order valence-corrected chi connectivity index (χ1v) is 13.4. The zero-order valence-corrected chi connectivity index (χ0v) is 21.6. The molecule has 6 nitrogen and oxygen atoms in total. The van der Waals surface area contributed by atoms with Crippen LogP contribution in [0.3, 0.4) is 0 Å². The average Bonchev–Trinajstić information content (AvgIpc) is 3.25. The number of aryl methyl sites for hydroxylation is 1. The van der Waals surface area contributed by atoms with Crippen molar-refractivity contribution in [1.29, 1.82) is 5.26 Å². The maximum atomic E-state index is 12.8. The fourth-order valence-electron chi connectivity index (χ4n) is 6.03. The number of unbranched alkanes of at least 4 members (excludes halogenated alkanes) is 1. The van der Waals surface area contributed by atoms with Crippen molar-refractivity contribution in [3.8, 4) is 17.2 Å². The van der Waals surface area contributed by atoms with Crippen LogP contribution < -0.4 is 0 Å². The van der Waals surface area contributed by atoms with Gasteiger partial charge in [-0.25, -0.2) is 0 Å². The molecule has 0 atom stereocenters. The van der Waals surface area contributed by atoms with Crippen LogP contribution in [-0.2, 0) is 21.4 Å². The topological polar surface area (TPSA) is 84.6 Å². The number of carbonyl (C=O) groups is 2. The van der Waals surface area contributed by atoms with Crippen molar-refractivity contribution in [3.05, 3.63) is 95.1 Å². The summed E-state index contributed by atoms with van der Waals surface area (Å²) in [5, 5.41) is 19.4. The molecule has 1 N–H and O–H groups in total. The third-order valence-electron chi connectivity index (χ3n) is 8.14. The molecule has 1 aliphatic heterocycles. The van der Waals surface area contributed by atoms with Gasteiger partial charge in [-0.15, -0.1) is 0 Å². The number of fused-ring (bicyclic) bond motifs is 3. The molecule has 2 aliphatic rings. The van der Waals surface area contributed by atoms with Crippen LogP contribution in [0.2, 0.25) is 0 Å². The van der Waals surface area contributed by atoms with Crippen molar-refractivity contribution in [3.63, 3.8) is 0 Å². The second-order valence-electron chi connectivity index (χ2n) is 10.3. The SMILES string of the molecule is N#Cc1ccc(CCC(=O)N2CCN(CCCCC3(C(=O)O)c4ccccc4-c4ccccc43)CC2)cc1. The molecule has 1 saturated heterocycles. The van der Waals surface area contributed by atoms with Gasteiger partial charge in [0.05, 0.1) is 11.6 Å². The molecule has 3 aromatic carbocycles. The standard InChI is InChI=1S/C32H33N3O3/c33-23-25-13-11-24(12-14-25)15-16-30(36)35-21-19-34(20-22-35)18-6-5-17-32(31(37)38)28-9-3-1-7-26(28)27-8-2-4-10-29(27)32/h1-4,7-14H,5-6,15-22H2,(H,37,38). The van der Waals surface area contributed by atoms with Crippen LogP contribution in [0.1, 0.15) is 47.9 Å². The Bertz CT molecular complexity index is 1310. The maximum Gasteiger partial charge on any atom is 0.318 e. The summed E-state index contributed by atoms with van der Waals surface area (Å²) in [7, 11) is 0. The highest BCUT2D eigenvalue weighted by Gasteiger charge is 2.48. The van der Waals surface area contributed by atoms with Crippen molar-refractivity contribution in [1.82, 2.24) is 9.80 Å². The summed E-state index contributed by atoms with van der Waals surface area (Å²) in [6, 6.07) is 25.4. The molecule has 0 radical (unpaired) electrons. The molecule has 1 heterocycles. The van der Waals surface area contributed by atoms with Crippen LogP contribution in [-0.4, -0.2) is 59.5 Å². The number of hydrogen-bond donors (Lipinski definition) is 1. The van der Waals surface area contributed by atoms with Gasteiger partial charge in [0.25, 0.3) is 0 Å². The largest absolute Gasteiger partial charge is 0.480 e. The summed E-state index contributed by atoms with van der Waals surface area (Å²) in [4.78, 5) is 29.8. The lowest BCUT2D eigenvalue weighted by Gasteiger charge is -2.35. The molecule has 3 aromatic rings. The van der Waals surface area contributed by atoms with Gasteiger partial charge in [-0.05, 0) is 65.8 Å². The summed E-state index contributed by atoms with van der Waals surface area (Å²) >= 11 is 0. The highest BCUT2D eigenvalue weighted by atomic mass is 16.4. The van der Waals surface area contributed by atoms with E-state index in [0.717, 1.165) is 73.4 Å². The minimum atomic E-state index is -0.993. The lowest BCUT2D eigenvalue weighted by atomic mass is 9.74. The second-order valence-corrected chi connectivity index (χ2v) is 10.3. The predicted octanol–water partition coefficient (Wildman–Crippen LogP) is 4.86. The number of rotatable bonds is 9. The van der Waals surface area contributed by atoms with E-state index >= 15 is 0 Å². The Kier molecular flexibility index (Phi) is 7.57. The Morgan fingerprint density at radius 3 is 2.03 bits per heavy atom.